The van der Waals surface area contributed by atoms with E-state index in [4.69, 9.17) is 8.83 Å². The molecule has 1 aliphatic heterocycles. The van der Waals surface area contributed by atoms with E-state index in [1.807, 2.05) is 12.1 Å². The van der Waals surface area contributed by atoms with Crippen molar-refractivity contribution >= 4 is 0 Å². The minimum absolute atomic E-state index is 0.461. The van der Waals surface area contributed by atoms with Crippen LogP contribution in [0.5, 0.6) is 0 Å². The van der Waals surface area contributed by atoms with E-state index in [-0.39, 0.29) is 0 Å². The Morgan fingerprint density at radius 1 is 0.833 bits per heavy atom. The summed E-state index contributed by atoms with van der Waals surface area (Å²) in [5.41, 5.74) is 1.41. The van der Waals surface area contributed by atoms with E-state index in [2.05, 4.69) is 40.5 Å². The second-order valence-corrected chi connectivity index (χ2v) is 6.32. The first-order valence-corrected chi connectivity index (χ1v) is 8.44. The van der Waals surface area contributed by atoms with Gasteiger partial charge in [-0.25, -0.2) is 0 Å². The van der Waals surface area contributed by atoms with Crippen molar-refractivity contribution in [2.45, 2.75) is 13.1 Å². The van der Waals surface area contributed by atoms with Crippen molar-refractivity contribution in [3.63, 3.8) is 0 Å². The Kier molecular flexibility index (Phi) is 4.40. The molecule has 0 unspecified atom stereocenters. The van der Waals surface area contributed by atoms with Crippen LogP contribution in [0.3, 0.4) is 0 Å². The summed E-state index contributed by atoms with van der Waals surface area (Å²) >= 11 is 0. The molecule has 0 aliphatic carbocycles. The minimum atomic E-state index is 0.461. The zero-order chi connectivity index (χ0) is 16.2. The lowest BCUT2D eigenvalue weighted by atomic mass is 10.2. The third-order valence-electron chi connectivity index (χ3n) is 4.56. The molecule has 3 heterocycles. The average molecular weight is 326 g/mol. The Hall–Kier alpha value is -2.44. The molecule has 0 radical (unpaired) electrons. The lowest BCUT2D eigenvalue weighted by molar-refractivity contribution is -1.02. The number of hydrogen-bond donors (Lipinski definition) is 2. The van der Waals surface area contributed by atoms with Gasteiger partial charge < -0.3 is 18.6 Å². The first-order valence-electron chi connectivity index (χ1n) is 8.44. The molecule has 0 amide bonds. The third-order valence-corrected chi connectivity index (χ3v) is 4.56. The number of piperazine rings is 1. The molecule has 1 saturated heterocycles. The molecule has 1 aromatic carbocycles. The Morgan fingerprint density at radius 2 is 1.58 bits per heavy atom. The number of quaternary nitrogens is 2. The van der Waals surface area contributed by atoms with Crippen LogP contribution < -0.4 is 9.80 Å². The predicted molar refractivity (Wildman–Crippen MR) is 87.2 cm³/mol. The van der Waals surface area contributed by atoms with Crippen molar-refractivity contribution in [3.8, 4) is 11.7 Å². The first-order chi connectivity index (χ1) is 11.9. The van der Waals surface area contributed by atoms with Crippen LogP contribution >= 0.6 is 0 Å². The van der Waals surface area contributed by atoms with Gasteiger partial charge in [0, 0.05) is 5.56 Å². The van der Waals surface area contributed by atoms with Gasteiger partial charge in [-0.2, -0.15) is 0 Å². The summed E-state index contributed by atoms with van der Waals surface area (Å²) in [5, 5.41) is 8.21. The number of nitrogens with one attached hydrogen (secondary N) is 2. The fourth-order valence-corrected chi connectivity index (χ4v) is 3.23. The number of hydrogen-bond acceptors (Lipinski definition) is 4. The van der Waals surface area contributed by atoms with Gasteiger partial charge >= 0.3 is 0 Å². The van der Waals surface area contributed by atoms with Gasteiger partial charge in [-0.05, 0) is 12.1 Å². The standard InChI is InChI=1S/C18H20N4O2/c1-2-5-15(6-3-1)13-21-8-10-22(11-9-21)14-17-19-20-18(24-17)16-7-4-12-23-16/h1-7,12H,8-11,13-14H2/p+2. The molecule has 4 rings (SSSR count). The van der Waals surface area contributed by atoms with Crippen molar-refractivity contribution in [1.82, 2.24) is 10.2 Å². The first kappa shape index (κ1) is 15.1. The number of furan rings is 1. The second kappa shape index (κ2) is 6.98. The van der Waals surface area contributed by atoms with Crippen LogP contribution in [0.4, 0.5) is 0 Å². The third kappa shape index (κ3) is 3.55. The normalized spacial score (nSPS) is 21.0. The molecule has 6 nitrogen and oxygen atoms in total. The summed E-state index contributed by atoms with van der Waals surface area (Å²) in [6.45, 7) is 6.48. The highest BCUT2D eigenvalue weighted by Gasteiger charge is 2.25. The lowest BCUT2D eigenvalue weighted by Crippen LogP contribution is -3.27. The van der Waals surface area contributed by atoms with Crippen molar-refractivity contribution in [3.05, 3.63) is 60.2 Å². The molecule has 2 aromatic heterocycles. The molecular weight excluding hydrogens is 304 g/mol. The molecule has 0 atom stereocenters. The van der Waals surface area contributed by atoms with Crippen LogP contribution in [0, 0.1) is 0 Å². The van der Waals surface area contributed by atoms with E-state index >= 15 is 0 Å². The lowest BCUT2D eigenvalue weighted by Gasteiger charge is -2.28. The fraction of sp³-hybridized carbons (Fsp3) is 0.333. The van der Waals surface area contributed by atoms with Crippen LogP contribution in [0.15, 0.2) is 57.6 Å². The Balaban J connectivity index is 1.29. The van der Waals surface area contributed by atoms with Crippen molar-refractivity contribution < 1.29 is 18.6 Å². The zero-order valence-corrected chi connectivity index (χ0v) is 13.6. The summed E-state index contributed by atoms with van der Waals surface area (Å²) in [7, 11) is 0. The second-order valence-electron chi connectivity index (χ2n) is 6.32. The van der Waals surface area contributed by atoms with E-state index in [9.17, 15) is 0 Å². The maximum Gasteiger partial charge on any atom is 0.283 e. The van der Waals surface area contributed by atoms with Gasteiger partial charge in [-0.3, -0.25) is 0 Å². The van der Waals surface area contributed by atoms with Crippen molar-refractivity contribution in [2.75, 3.05) is 26.2 Å². The maximum atomic E-state index is 5.71. The highest BCUT2D eigenvalue weighted by Crippen LogP contribution is 2.17. The van der Waals surface area contributed by atoms with Crippen LogP contribution in [0.2, 0.25) is 0 Å². The predicted octanol–water partition coefficient (Wildman–Crippen LogP) is -0.187. The molecule has 124 valence electrons. The monoisotopic (exact) mass is 326 g/mol. The Bertz CT molecular complexity index is 746. The van der Waals surface area contributed by atoms with Gasteiger partial charge in [0.25, 0.3) is 11.8 Å². The fourth-order valence-electron chi connectivity index (χ4n) is 3.23. The van der Waals surface area contributed by atoms with E-state index in [1.165, 1.54) is 23.6 Å². The summed E-state index contributed by atoms with van der Waals surface area (Å²) in [5.74, 6) is 1.77. The molecule has 2 N–H and O–H groups in total. The topological polar surface area (TPSA) is 60.9 Å². The molecule has 0 saturated carbocycles. The van der Waals surface area contributed by atoms with E-state index < -0.39 is 0 Å². The molecule has 0 bridgehead atoms. The molecule has 24 heavy (non-hydrogen) atoms. The van der Waals surface area contributed by atoms with Crippen LogP contribution in [-0.2, 0) is 13.1 Å². The largest absolute Gasteiger partial charge is 0.459 e. The molecule has 3 aromatic rings. The summed E-state index contributed by atoms with van der Waals surface area (Å²) in [6, 6.07) is 14.4. The highest BCUT2D eigenvalue weighted by atomic mass is 16.4. The zero-order valence-electron chi connectivity index (χ0n) is 13.6. The van der Waals surface area contributed by atoms with Gasteiger partial charge in [-0.15, -0.1) is 10.2 Å². The van der Waals surface area contributed by atoms with Crippen LogP contribution in [0.1, 0.15) is 11.5 Å². The van der Waals surface area contributed by atoms with Gasteiger partial charge in [0.15, 0.2) is 12.3 Å². The Morgan fingerprint density at radius 3 is 2.29 bits per heavy atom. The molecular formula is C18H22N4O2+2. The van der Waals surface area contributed by atoms with Crippen molar-refractivity contribution in [2.24, 2.45) is 0 Å². The number of rotatable bonds is 5. The quantitative estimate of drug-likeness (QED) is 0.682. The van der Waals surface area contributed by atoms with Crippen LogP contribution in [0.25, 0.3) is 11.7 Å². The van der Waals surface area contributed by atoms with Gasteiger partial charge in [0.1, 0.15) is 32.7 Å². The molecule has 6 heteroatoms. The molecule has 1 aliphatic rings. The molecule has 0 spiro atoms. The van der Waals surface area contributed by atoms with Gasteiger partial charge in [0.05, 0.1) is 6.26 Å². The van der Waals surface area contributed by atoms with E-state index in [0.717, 1.165) is 26.2 Å². The van der Waals surface area contributed by atoms with Gasteiger partial charge in [-0.1, -0.05) is 30.3 Å². The Labute approximate surface area is 140 Å². The SMILES string of the molecule is c1ccc(C[NH+]2CC[NH+](Cc3nnc(-c4ccco4)o3)CC2)cc1. The minimum Gasteiger partial charge on any atom is -0.459 e. The molecule has 1 fully saturated rings. The van der Waals surface area contributed by atoms with Gasteiger partial charge in [0.2, 0.25) is 0 Å². The smallest absolute Gasteiger partial charge is 0.283 e. The average Bonchev–Trinajstić information content (AvgIpc) is 3.29. The summed E-state index contributed by atoms with van der Waals surface area (Å²) in [6.07, 6.45) is 1.61. The van der Waals surface area contributed by atoms with Crippen molar-refractivity contribution in [1.29, 1.82) is 0 Å². The number of nitrogens with zero attached hydrogens (tertiary/aromatic N) is 2. The van der Waals surface area contributed by atoms with Crippen LogP contribution in [-0.4, -0.2) is 36.4 Å². The van der Waals surface area contributed by atoms with E-state index in [0.29, 0.717) is 17.5 Å². The highest BCUT2D eigenvalue weighted by molar-refractivity contribution is 5.42. The van der Waals surface area contributed by atoms with E-state index in [1.54, 1.807) is 11.2 Å². The summed E-state index contributed by atoms with van der Waals surface area (Å²) < 4.78 is 11.0. The number of benzene rings is 1. The summed E-state index contributed by atoms with van der Waals surface area (Å²) in [4.78, 5) is 3.15. The maximum absolute atomic E-state index is 5.71. The number of aromatic nitrogens is 2.